The van der Waals surface area contributed by atoms with Gasteiger partial charge in [0.1, 0.15) is 17.1 Å². The number of rotatable bonds is 6. The van der Waals surface area contributed by atoms with E-state index in [4.69, 9.17) is 9.72 Å². The number of ether oxygens (including phenoxy) is 1. The molecule has 2 aromatic carbocycles. The SMILES string of the molecule is COc1cc(Nc2cccc3c2nc(CC2CCNCC2)n3C)ccc1-n1cnc(C)c1. The van der Waals surface area contributed by atoms with Crippen LogP contribution in [0.15, 0.2) is 48.9 Å². The van der Waals surface area contributed by atoms with Gasteiger partial charge in [0.15, 0.2) is 0 Å². The van der Waals surface area contributed by atoms with Gasteiger partial charge in [0.2, 0.25) is 0 Å². The van der Waals surface area contributed by atoms with Crippen LogP contribution in [0, 0.1) is 12.8 Å². The quantitative estimate of drug-likeness (QED) is 0.476. The third-order valence-corrected chi connectivity index (χ3v) is 6.38. The van der Waals surface area contributed by atoms with Crippen LogP contribution in [-0.2, 0) is 13.5 Å². The highest BCUT2D eigenvalue weighted by atomic mass is 16.5. The molecule has 166 valence electrons. The zero-order valence-electron chi connectivity index (χ0n) is 18.9. The zero-order valence-corrected chi connectivity index (χ0v) is 18.9. The predicted octanol–water partition coefficient (Wildman–Crippen LogP) is 4.36. The number of anilines is 2. The molecule has 0 bridgehead atoms. The molecule has 4 aromatic rings. The van der Waals surface area contributed by atoms with Crippen molar-refractivity contribution in [2.45, 2.75) is 26.2 Å². The Hall–Kier alpha value is -3.32. The number of hydrogen-bond donors (Lipinski definition) is 2. The first kappa shape index (κ1) is 20.6. The number of benzene rings is 2. The minimum atomic E-state index is 0.701. The van der Waals surface area contributed by atoms with E-state index in [1.54, 1.807) is 13.4 Å². The minimum Gasteiger partial charge on any atom is -0.494 e. The molecule has 1 aliphatic heterocycles. The van der Waals surface area contributed by atoms with Gasteiger partial charge < -0.3 is 24.5 Å². The Bertz CT molecular complexity index is 1230. The number of hydrogen-bond acceptors (Lipinski definition) is 5. The number of nitrogens with zero attached hydrogens (tertiary/aromatic N) is 4. The average molecular weight is 431 g/mol. The van der Waals surface area contributed by atoms with Crippen LogP contribution in [-0.4, -0.2) is 39.3 Å². The highest BCUT2D eigenvalue weighted by molar-refractivity contribution is 5.91. The molecular weight excluding hydrogens is 400 g/mol. The number of fused-ring (bicyclic) bond motifs is 1. The van der Waals surface area contributed by atoms with Gasteiger partial charge in [0.25, 0.3) is 0 Å². The van der Waals surface area contributed by atoms with Crippen molar-refractivity contribution in [3.8, 4) is 11.4 Å². The van der Waals surface area contributed by atoms with E-state index in [1.165, 1.54) is 12.8 Å². The number of methoxy groups -OCH3 is 1. The monoisotopic (exact) mass is 430 g/mol. The van der Waals surface area contributed by atoms with Crippen molar-refractivity contribution < 1.29 is 4.74 Å². The first-order chi connectivity index (χ1) is 15.6. The lowest BCUT2D eigenvalue weighted by Gasteiger charge is -2.22. The van der Waals surface area contributed by atoms with Crippen molar-refractivity contribution in [3.63, 3.8) is 0 Å². The topological polar surface area (TPSA) is 68.9 Å². The fourth-order valence-electron chi connectivity index (χ4n) is 4.57. The normalized spacial score (nSPS) is 14.7. The van der Waals surface area contributed by atoms with Crippen LogP contribution in [0.3, 0.4) is 0 Å². The second-order valence-electron chi connectivity index (χ2n) is 8.59. The van der Waals surface area contributed by atoms with Crippen molar-refractivity contribution in [1.29, 1.82) is 0 Å². The molecule has 3 heterocycles. The molecule has 7 heteroatoms. The molecule has 32 heavy (non-hydrogen) atoms. The summed E-state index contributed by atoms with van der Waals surface area (Å²) in [6.45, 7) is 4.20. The number of aromatic nitrogens is 4. The Labute approximate surface area is 188 Å². The van der Waals surface area contributed by atoms with Crippen LogP contribution in [0.4, 0.5) is 11.4 Å². The molecular formula is C25H30N6O. The van der Waals surface area contributed by atoms with Crippen molar-refractivity contribution in [2.75, 3.05) is 25.5 Å². The number of piperidine rings is 1. The standard InChI is InChI=1S/C25H30N6O/c1-17-15-31(16-27-17)21-8-7-19(14-23(21)32-3)28-20-5-4-6-22-25(20)29-24(30(22)2)13-18-9-11-26-12-10-18/h4-8,14-16,18,26,28H,9-13H2,1-3H3. The van der Waals surface area contributed by atoms with Gasteiger partial charge in [-0.3, -0.25) is 0 Å². The Balaban J connectivity index is 1.44. The lowest BCUT2D eigenvalue weighted by atomic mass is 9.94. The lowest BCUT2D eigenvalue weighted by molar-refractivity contribution is 0.365. The molecule has 1 saturated heterocycles. The maximum absolute atomic E-state index is 5.67. The number of nitrogens with one attached hydrogen (secondary N) is 2. The fraction of sp³-hybridized carbons (Fsp3) is 0.360. The molecule has 0 amide bonds. The Morgan fingerprint density at radius 3 is 2.78 bits per heavy atom. The van der Waals surface area contributed by atoms with E-state index in [1.807, 2.05) is 29.8 Å². The van der Waals surface area contributed by atoms with Gasteiger partial charge in [-0.05, 0) is 63.0 Å². The zero-order chi connectivity index (χ0) is 22.1. The summed E-state index contributed by atoms with van der Waals surface area (Å²) in [6.07, 6.45) is 7.26. The molecule has 5 rings (SSSR count). The first-order valence-corrected chi connectivity index (χ1v) is 11.2. The van der Waals surface area contributed by atoms with E-state index in [2.05, 4.69) is 51.5 Å². The van der Waals surface area contributed by atoms with E-state index < -0.39 is 0 Å². The van der Waals surface area contributed by atoms with Crippen molar-refractivity contribution in [3.05, 3.63) is 60.4 Å². The average Bonchev–Trinajstić information content (AvgIpc) is 3.38. The third-order valence-electron chi connectivity index (χ3n) is 6.38. The van der Waals surface area contributed by atoms with Gasteiger partial charge in [-0.15, -0.1) is 0 Å². The third kappa shape index (κ3) is 3.96. The fourth-order valence-corrected chi connectivity index (χ4v) is 4.57. The molecule has 2 aromatic heterocycles. The van der Waals surface area contributed by atoms with Crippen LogP contribution >= 0.6 is 0 Å². The van der Waals surface area contributed by atoms with Crippen LogP contribution in [0.2, 0.25) is 0 Å². The second kappa shape index (κ2) is 8.67. The Morgan fingerprint density at radius 2 is 2.03 bits per heavy atom. The second-order valence-corrected chi connectivity index (χ2v) is 8.59. The number of imidazole rings is 2. The van der Waals surface area contributed by atoms with Gasteiger partial charge in [-0.2, -0.15) is 0 Å². The largest absolute Gasteiger partial charge is 0.494 e. The van der Waals surface area contributed by atoms with Crippen LogP contribution in [0.1, 0.15) is 24.4 Å². The summed E-state index contributed by atoms with van der Waals surface area (Å²) in [5.74, 6) is 2.64. The Morgan fingerprint density at radius 1 is 1.19 bits per heavy atom. The molecule has 0 spiro atoms. The van der Waals surface area contributed by atoms with E-state index in [9.17, 15) is 0 Å². The molecule has 7 nitrogen and oxygen atoms in total. The van der Waals surface area contributed by atoms with E-state index in [0.717, 1.165) is 64.9 Å². The van der Waals surface area contributed by atoms with Crippen LogP contribution in [0.5, 0.6) is 5.75 Å². The number of aryl methyl sites for hydroxylation is 2. The molecule has 0 aliphatic carbocycles. The van der Waals surface area contributed by atoms with Crippen molar-refractivity contribution in [2.24, 2.45) is 13.0 Å². The first-order valence-electron chi connectivity index (χ1n) is 11.2. The van der Waals surface area contributed by atoms with Gasteiger partial charge in [-0.25, -0.2) is 9.97 Å². The summed E-state index contributed by atoms with van der Waals surface area (Å²) in [5.41, 5.74) is 6.04. The van der Waals surface area contributed by atoms with Gasteiger partial charge >= 0.3 is 0 Å². The highest BCUT2D eigenvalue weighted by Crippen LogP contribution is 2.32. The molecule has 1 aliphatic rings. The van der Waals surface area contributed by atoms with Crippen molar-refractivity contribution in [1.82, 2.24) is 24.4 Å². The summed E-state index contributed by atoms with van der Waals surface area (Å²) >= 11 is 0. The summed E-state index contributed by atoms with van der Waals surface area (Å²) < 4.78 is 9.89. The van der Waals surface area contributed by atoms with Crippen LogP contribution in [0.25, 0.3) is 16.7 Å². The summed E-state index contributed by atoms with van der Waals surface area (Å²) in [4.78, 5) is 9.37. The van der Waals surface area contributed by atoms with Gasteiger partial charge in [0.05, 0.1) is 36.0 Å². The number of para-hydroxylation sites is 1. The molecule has 0 radical (unpaired) electrons. The highest BCUT2D eigenvalue weighted by Gasteiger charge is 2.18. The van der Waals surface area contributed by atoms with Crippen molar-refractivity contribution >= 4 is 22.4 Å². The molecule has 0 saturated carbocycles. The predicted molar refractivity (Wildman–Crippen MR) is 128 cm³/mol. The molecule has 0 atom stereocenters. The smallest absolute Gasteiger partial charge is 0.144 e. The minimum absolute atomic E-state index is 0.701. The molecule has 2 N–H and O–H groups in total. The maximum Gasteiger partial charge on any atom is 0.144 e. The summed E-state index contributed by atoms with van der Waals surface area (Å²) in [6, 6.07) is 12.4. The summed E-state index contributed by atoms with van der Waals surface area (Å²) in [5, 5.41) is 7.01. The maximum atomic E-state index is 5.67. The van der Waals surface area contributed by atoms with Gasteiger partial charge in [-0.1, -0.05) is 6.07 Å². The van der Waals surface area contributed by atoms with E-state index in [-0.39, 0.29) is 0 Å². The van der Waals surface area contributed by atoms with E-state index >= 15 is 0 Å². The van der Waals surface area contributed by atoms with E-state index in [0.29, 0.717) is 5.92 Å². The van der Waals surface area contributed by atoms with Crippen LogP contribution < -0.4 is 15.4 Å². The molecule has 0 unspecified atom stereocenters. The van der Waals surface area contributed by atoms with Gasteiger partial charge in [0, 0.05) is 31.4 Å². The lowest BCUT2D eigenvalue weighted by Crippen LogP contribution is -2.29. The Kier molecular flexibility index (Phi) is 5.57. The summed E-state index contributed by atoms with van der Waals surface area (Å²) in [7, 11) is 3.82. The molecule has 1 fully saturated rings.